The van der Waals surface area contributed by atoms with Gasteiger partial charge in [-0.25, -0.2) is 0 Å². The molecule has 0 saturated carbocycles. The standard InChI is InChI=1S/C23H34N2O/c1-4-5-6-7-8-14-26-23-11-9-10-21(18-23)24-12-13-25-22-16-19(2)15-20(3)17-22/h9-11,15-18,24-25H,4-8,12-14H2,1-3H3. The van der Waals surface area contributed by atoms with Crippen molar-refractivity contribution >= 4 is 11.4 Å². The number of unbranched alkanes of at least 4 members (excludes halogenated alkanes) is 4. The fraction of sp³-hybridized carbons (Fsp3) is 0.478. The Morgan fingerprint density at radius 2 is 1.46 bits per heavy atom. The van der Waals surface area contributed by atoms with Crippen molar-refractivity contribution in [1.29, 1.82) is 0 Å². The second-order valence-corrected chi connectivity index (χ2v) is 7.02. The SMILES string of the molecule is CCCCCCCOc1cccc(NCCNc2cc(C)cc(C)c2)c1. The van der Waals surface area contributed by atoms with Crippen LogP contribution in [0.1, 0.15) is 50.2 Å². The van der Waals surface area contributed by atoms with Gasteiger partial charge in [0.1, 0.15) is 5.75 Å². The molecular weight excluding hydrogens is 320 g/mol. The fourth-order valence-electron chi connectivity index (χ4n) is 3.08. The molecule has 3 heteroatoms. The minimum Gasteiger partial charge on any atom is -0.494 e. The Bertz CT molecular complexity index is 634. The third kappa shape index (κ3) is 7.81. The van der Waals surface area contributed by atoms with Gasteiger partial charge in [0.25, 0.3) is 0 Å². The summed E-state index contributed by atoms with van der Waals surface area (Å²) in [5.74, 6) is 0.952. The Morgan fingerprint density at radius 3 is 2.19 bits per heavy atom. The summed E-state index contributed by atoms with van der Waals surface area (Å²) in [7, 11) is 0. The van der Waals surface area contributed by atoms with E-state index in [1.54, 1.807) is 0 Å². The summed E-state index contributed by atoms with van der Waals surface area (Å²) < 4.78 is 5.87. The maximum Gasteiger partial charge on any atom is 0.121 e. The Balaban J connectivity index is 1.67. The number of rotatable bonds is 12. The molecule has 0 aromatic heterocycles. The molecule has 2 aromatic carbocycles. The maximum absolute atomic E-state index is 5.87. The lowest BCUT2D eigenvalue weighted by atomic mass is 10.1. The van der Waals surface area contributed by atoms with Gasteiger partial charge in [-0.05, 0) is 55.7 Å². The maximum atomic E-state index is 5.87. The topological polar surface area (TPSA) is 33.3 Å². The summed E-state index contributed by atoms with van der Waals surface area (Å²) in [6, 6.07) is 14.8. The van der Waals surface area contributed by atoms with Crippen LogP contribution >= 0.6 is 0 Å². The largest absolute Gasteiger partial charge is 0.494 e. The van der Waals surface area contributed by atoms with E-state index in [4.69, 9.17) is 4.74 Å². The first kappa shape index (κ1) is 20.2. The first-order chi connectivity index (χ1) is 12.7. The van der Waals surface area contributed by atoms with Crippen molar-refractivity contribution in [3.05, 3.63) is 53.6 Å². The van der Waals surface area contributed by atoms with Crippen molar-refractivity contribution < 1.29 is 4.74 Å². The number of nitrogens with one attached hydrogen (secondary N) is 2. The normalized spacial score (nSPS) is 10.6. The first-order valence-corrected chi connectivity index (χ1v) is 9.96. The lowest BCUT2D eigenvalue weighted by molar-refractivity contribution is 0.304. The van der Waals surface area contributed by atoms with Gasteiger partial charge in [-0.3, -0.25) is 0 Å². The summed E-state index contributed by atoms with van der Waals surface area (Å²) >= 11 is 0. The van der Waals surface area contributed by atoms with Crippen LogP contribution in [0.15, 0.2) is 42.5 Å². The van der Waals surface area contributed by atoms with Gasteiger partial charge in [-0.2, -0.15) is 0 Å². The van der Waals surface area contributed by atoms with Crippen molar-refractivity contribution in [3.63, 3.8) is 0 Å². The lowest BCUT2D eigenvalue weighted by Crippen LogP contribution is -2.13. The predicted octanol–water partition coefficient (Wildman–Crippen LogP) is 6.18. The second-order valence-electron chi connectivity index (χ2n) is 7.02. The Hall–Kier alpha value is -2.16. The van der Waals surface area contributed by atoms with Crippen LogP contribution in [0.4, 0.5) is 11.4 Å². The van der Waals surface area contributed by atoms with Crippen molar-refractivity contribution in [3.8, 4) is 5.75 Å². The van der Waals surface area contributed by atoms with Crippen LogP contribution in [0.2, 0.25) is 0 Å². The Morgan fingerprint density at radius 1 is 0.769 bits per heavy atom. The van der Waals surface area contributed by atoms with E-state index >= 15 is 0 Å². The second kappa shape index (κ2) is 11.5. The molecule has 0 atom stereocenters. The molecule has 0 unspecified atom stereocenters. The van der Waals surface area contributed by atoms with Gasteiger partial charge < -0.3 is 15.4 Å². The van der Waals surface area contributed by atoms with Crippen molar-refractivity contribution in [2.45, 2.75) is 52.9 Å². The highest BCUT2D eigenvalue weighted by Gasteiger charge is 1.98. The number of ether oxygens (including phenoxy) is 1. The average Bonchev–Trinajstić information content (AvgIpc) is 2.61. The van der Waals surface area contributed by atoms with E-state index in [0.29, 0.717) is 0 Å². The highest BCUT2D eigenvalue weighted by molar-refractivity contribution is 5.50. The van der Waals surface area contributed by atoms with E-state index in [1.165, 1.54) is 42.5 Å². The van der Waals surface area contributed by atoms with Crippen LogP contribution in [0.25, 0.3) is 0 Å². The molecule has 0 bridgehead atoms. The summed E-state index contributed by atoms with van der Waals surface area (Å²) in [4.78, 5) is 0. The van der Waals surface area contributed by atoms with Gasteiger partial charge in [-0.15, -0.1) is 0 Å². The van der Waals surface area contributed by atoms with Gasteiger partial charge in [0.05, 0.1) is 6.61 Å². The van der Waals surface area contributed by atoms with Gasteiger partial charge in [0, 0.05) is 30.5 Å². The minimum atomic E-state index is 0.807. The molecule has 2 rings (SSSR count). The van der Waals surface area contributed by atoms with Crippen molar-refractivity contribution in [2.75, 3.05) is 30.3 Å². The monoisotopic (exact) mass is 354 g/mol. The lowest BCUT2D eigenvalue weighted by Gasteiger charge is -2.12. The zero-order valence-electron chi connectivity index (χ0n) is 16.6. The van der Waals surface area contributed by atoms with Crippen molar-refractivity contribution in [2.24, 2.45) is 0 Å². The molecule has 0 fully saturated rings. The van der Waals surface area contributed by atoms with E-state index in [1.807, 2.05) is 12.1 Å². The molecule has 3 nitrogen and oxygen atoms in total. The van der Waals surface area contributed by atoms with Crippen LogP contribution in [0.3, 0.4) is 0 Å². The van der Waals surface area contributed by atoms with Crippen LogP contribution in [-0.4, -0.2) is 19.7 Å². The molecule has 142 valence electrons. The minimum absolute atomic E-state index is 0.807. The zero-order valence-corrected chi connectivity index (χ0v) is 16.6. The number of benzene rings is 2. The van der Waals surface area contributed by atoms with Gasteiger partial charge in [0.15, 0.2) is 0 Å². The molecule has 0 amide bonds. The van der Waals surface area contributed by atoms with E-state index < -0.39 is 0 Å². The predicted molar refractivity (Wildman–Crippen MR) is 114 cm³/mol. The Kier molecular flexibility index (Phi) is 8.88. The summed E-state index contributed by atoms with van der Waals surface area (Å²) in [5, 5.41) is 6.94. The summed E-state index contributed by atoms with van der Waals surface area (Å²) in [6.45, 7) is 9.06. The Labute approximate surface area is 159 Å². The third-order valence-electron chi connectivity index (χ3n) is 4.36. The van der Waals surface area contributed by atoms with Gasteiger partial charge in [0.2, 0.25) is 0 Å². The van der Waals surface area contributed by atoms with Crippen molar-refractivity contribution in [1.82, 2.24) is 0 Å². The fourth-order valence-corrected chi connectivity index (χ4v) is 3.08. The molecule has 0 saturated heterocycles. The van der Waals surface area contributed by atoms with Crippen LogP contribution in [0.5, 0.6) is 5.75 Å². The molecule has 2 N–H and O–H groups in total. The van der Waals surface area contributed by atoms with E-state index in [0.717, 1.165) is 37.6 Å². The first-order valence-electron chi connectivity index (χ1n) is 9.96. The van der Waals surface area contributed by atoms with Crippen LogP contribution < -0.4 is 15.4 Å². The highest BCUT2D eigenvalue weighted by atomic mass is 16.5. The zero-order chi connectivity index (χ0) is 18.6. The van der Waals surface area contributed by atoms with E-state index in [2.05, 4.69) is 61.7 Å². The highest BCUT2D eigenvalue weighted by Crippen LogP contribution is 2.18. The van der Waals surface area contributed by atoms with E-state index in [9.17, 15) is 0 Å². The smallest absolute Gasteiger partial charge is 0.121 e. The van der Waals surface area contributed by atoms with Gasteiger partial charge in [-0.1, -0.05) is 44.7 Å². The molecule has 0 spiro atoms. The molecule has 0 heterocycles. The van der Waals surface area contributed by atoms with E-state index in [-0.39, 0.29) is 0 Å². The van der Waals surface area contributed by atoms with Crippen LogP contribution in [-0.2, 0) is 0 Å². The number of hydrogen-bond acceptors (Lipinski definition) is 3. The number of anilines is 2. The molecular formula is C23H34N2O. The molecule has 0 aliphatic rings. The quantitative estimate of drug-likeness (QED) is 0.447. The molecule has 26 heavy (non-hydrogen) atoms. The number of hydrogen-bond donors (Lipinski definition) is 2. The molecule has 2 aromatic rings. The third-order valence-corrected chi connectivity index (χ3v) is 4.36. The number of aryl methyl sites for hydroxylation is 2. The average molecular weight is 355 g/mol. The van der Waals surface area contributed by atoms with Gasteiger partial charge >= 0.3 is 0 Å². The summed E-state index contributed by atoms with van der Waals surface area (Å²) in [6.07, 6.45) is 6.32. The molecule has 0 radical (unpaired) electrons. The van der Waals surface area contributed by atoms with Crippen LogP contribution in [0, 0.1) is 13.8 Å². The molecule has 0 aliphatic heterocycles. The molecule has 0 aliphatic carbocycles. The summed E-state index contributed by atoms with van der Waals surface area (Å²) in [5.41, 5.74) is 4.88.